The maximum absolute atomic E-state index is 8.90. The lowest BCUT2D eigenvalue weighted by atomic mass is 10.2. The zero-order chi connectivity index (χ0) is 6.85. The molecule has 1 aromatic carbocycles. The van der Waals surface area contributed by atoms with Crippen LogP contribution < -0.4 is 5.73 Å². The molecule has 1 rings (SSSR count). The van der Waals surface area contributed by atoms with Crippen LogP contribution in [0.3, 0.4) is 0 Å². The normalized spacial score (nSPS) is 9.56. The van der Waals surface area contributed by atoms with Crippen molar-refractivity contribution in [2.45, 2.75) is 6.92 Å². The highest BCUT2D eigenvalue weighted by atomic mass is 16.3. The molecule has 0 atom stereocenters. The molecule has 0 fully saturated rings. The zero-order valence-corrected chi connectivity index (χ0v) is 5.39. The molecule has 0 unspecified atom stereocenters. The summed E-state index contributed by atoms with van der Waals surface area (Å²) in [5.74, 6) is 0.283. The molecule has 0 aliphatic rings. The van der Waals surface area contributed by atoms with Crippen molar-refractivity contribution >= 4 is 5.69 Å². The molecule has 0 amide bonds. The van der Waals surface area contributed by atoms with E-state index in [0.717, 1.165) is 11.3 Å². The van der Waals surface area contributed by atoms with Crippen LogP contribution in [0.15, 0.2) is 18.2 Å². The van der Waals surface area contributed by atoms with E-state index < -0.39 is 0 Å². The van der Waals surface area contributed by atoms with Gasteiger partial charge in [0, 0.05) is 11.6 Å². The first-order valence-electron chi connectivity index (χ1n) is 2.82. The molecule has 48 valence electrons. The minimum atomic E-state index is 0.283. The van der Waals surface area contributed by atoms with Gasteiger partial charge >= 0.3 is 0 Å². The molecule has 0 aliphatic heterocycles. The van der Waals surface area contributed by atoms with Gasteiger partial charge in [0.05, 0.1) is 0 Å². The van der Waals surface area contributed by atoms with Crippen molar-refractivity contribution < 1.29 is 10.8 Å². The Labute approximate surface area is 53.9 Å². The smallest absolute Gasteiger partial charge is 0.134 e. The summed E-state index contributed by atoms with van der Waals surface area (Å²) in [4.78, 5) is 0. The minimum Gasteiger partial charge on any atom is -0.508 e. The Bertz CT molecular complexity index is 220. The third-order valence-corrected chi connectivity index (χ3v) is 1.33. The fourth-order valence-corrected chi connectivity index (χ4v) is 0.658. The number of hydrogen-bond acceptors (Lipinski definition) is 1. The van der Waals surface area contributed by atoms with Crippen LogP contribution in [-0.2, 0) is 0 Å². The van der Waals surface area contributed by atoms with Gasteiger partial charge in [-0.15, -0.1) is 0 Å². The highest BCUT2D eigenvalue weighted by molar-refractivity contribution is 5.42. The Morgan fingerprint density at radius 1 is 1.44 bits per heavy atom. The number of quaternary nitrogens is 1. The summed E-state index contributed by atoms with van der Waals surface area (Å²) in [7, 11) is 0. The predicted octanol–water partition coefficient (Wildman–Crippen LogP) is 0.574. The second kappa shape index (κ2) is 2.07. The lowest BCUT2D eigenvalue weighted by molar-refractivity contribution is -0.255. The SMILES string of the molecule is Cc1ccc(O)cc1[NH3+]. The molecule has 0 saturated heterocycles. The van der Waals surface area contributed by atoms with Crippen molar-refractivity contribution in [2.24, 2.45) is 0 Å². The average Bonchev–Trinajstić information content (AvgIpc) is 1.80. The van der Waals surface area contributed by atoms with E-state index in [4.69, 9.17) is 5.11 Å². The van der Waals surface area contributed by atoms with E-state index >= 15 is 0 Å². The number of rotatable bonds is 0. The van der Waals surface area contributed by atoms with Gasteiger partial charge in [-0.2, -0.15) is 0 Å². The fourth-order valence-electron chi connectivity index (χ4n) is 0.658. The molecule has 1 aromatic rings. The molecule has 0 bridgehead atoms. The maximum atomic E-state index is 8.90. The van der Waals surface area contributed by atoms with Crippen LogP contribution in [0.2, 0.25) is 0 Å². The van der Waals surface area contributed by atoms with E-state index in [-0.39, 0.29) is 5.75 Å². The fraction of sp³-hybridized carbons (Fsp3) is 0.143. The minimum absolute atomic E-state index is 0.283. The van der Waals surface area contributed by atoms with Gasteiger partial charge in [0.15, 0.2) is 0 Å². The summed E-state index contributed by atoms with van der Waals surface area (Å²) in [6.07, 6.45) is 0. The first-order valence-corrected chi connectivity index (χ1v) is 2.82. The first kappa shape index (κ1) is 6.11. The summed E-state index contributed by atoms with van der Waals surface area (Å²) in [6.45, 7) is 1.96. The van der Waals surface area contributed by atoms with Crippen molar-refractivity contribution in [3.63, 3.8) is 0 Å². The summed E-state index contributed by atoms with van der Waals surface area (Å²) >= 11 is 0. The molecular weight excluding hydrogens is 114 g/mol. The van der Waals surface area contributed by atoms with Gasteiger partial charge in [0.1, 0.15) is 11.4 Å². The molecule has 0 saturated carbocycles. The largest absolute Gasteiger partial charge is 0.508 e. The van der Waals surface area contributed by atoms with Crippen LogP contribution in [0.25, 0.3) is 0 Å². The Morgan fingerprint density at radius 2 is 2.11 bits per heavy atom. The Kier molecular flexibility index (Phi) is 1.40. The molecule has 0 aliphatic carbocycles. The van der Waals surface area contributed by atoms with Crippen LogP contribution in [-0.4, -0.2) is 5.11 Å². The van der Waals surface area contributed by atoms with E-state index in [2.05, 4.69) is 5.73 Å². The van der Waals surface area contributed by atoms with Crippen LogP contribution in [0, 0.1) is 6.92 Å². The molecular formula is C7H10NO+. The van der Waals surface area contributed by atoms with E-state index in [1.807, 2.05) is 13.0 Å². The summed E-state index contributed by atoms with van der Waals surface area (Å²) in [5.41, 5.74) is 5.71. The Morgan fingerprint density at radius 3 is 2.56 bits per heavy atom. The summed E-state index contributed by atoms with van der Waals surface area (Å²) in [5, 5.41) is 8.90. The maximum Gasteiger partial charge on any atom is 0.134 e. The monoisotopic (exact) mass is 124 g/mol. The highest BCUT2D eigenvalue weighted by Gasteiger charge is 1.95. The van der Waals surface area contributed by atoms with Crippen LogP contribution >= 0.6 is 0 Å². The van der Waals surface area contributed by atoms with E-state index in [9.17, 15) is 0 Å². The van der Waals surface area contributed by atoms with Gasteiger partial charge < -0.3 is 10.8 Å². The van der Waals surface area contributed by atoms with Gasteiger partial charge in [-0.05, 0) is 19.1 Å². The highest BCUT2D eigenvalue weighted by Crippen LogP contribution is 2.15. The zero-order valence-electron chi connectivity index (χ0n) is 5.39. The quantitative estimate of drug-likeness (QED) is 0.522. The molecule has 9 heavy (non-hydrogen) atoms. The number of hydrogen-bond donors (Lipinski definition) is 2. The van der Waals surface area contributed by atoms with Crippen LogP contribution in [0.5, 0.6) is 5.75 Å². The van der Waals surface area contributed by atoms with Crippen molar-refractivity contribution in [3.05, 3.63) is 23.8 Å². The van der Waals surface area contributed by atoms with Crippen molar-refractivity contribution in [1.82, 2.24) is 0 Å². The number of aryl methyl sites for hydroxylation is 1. The van der Waals surface area contributed by atoms with Gasteiger partial charge in [-0.3, -0.25) is 0 Å². The first-order chi connectivity index (χ1) is 4.20. The number of aromatic hydroxyl groups is 1. The van der Waals surface area contributed by atoms with E-state index in [1.165, 1.54) is 0 Å². The molecule has 0 radical (unpaired) electrons. The molecule has 2 nitrogen and oxygen atoms in total. The van der Waals surface area contributed by atoms with Crippen molar-refractivity contribution in [3.8, 4) is 5.75 Å². The average molecular weight is 124 g/mol. The summed E-state index contributed by atoms with van der Waals surface area (Å²) in [6, 6.07) is 5.15. The number of phenols is 1. The molecule has 0 heterocycles. The van der Waals surface area contributed by atoms with Crippen molar-refractivity contribution in [2.75, 3.05) is 0 Å². The topological polar surface area (TPSA) is 47.9 Å². The van der Waals surface area contributed by atoms with Crippen LogP contribution in [0.1, 0.15) is 5.56 Å². The Hall–Kier alpha value is -1.02. The standard InChI is InChI=1S/C7H9NO/c1-5-2-3-6(9)4-7(5)8/h2-4,9H,8H2,1H3/p+1. The lowest BCUT2D eigenvalue weighted by Gasteiger charge is -1.93. The molecule has 4 N–H and O–H groups in total. The third-order valence-electron chi connectivity index (χ3n) is 1.33. The molecule has 2 heteroatoms. The second-order valence-corrected chi connectivity index (χ2v) is 2.11. The number of benzene rings is 1. The van der Waals surface area contributed by atoms with Gasteiger partial charge in [-0.25, -0.2) is 0 Å². The van der Waals surface area contributed by atoms with Gasteiger partial charge in [0.25, 0.3) is 0 Å². The van der Waals surface area contributed by atoms with Gasteiger partial charge in [-0.1, -0.05) is 0 Å². The van der Waals surface area contributed by atoms with Gasteiger partial charge in [0.2, 0.25) is 0 Å². The van der Waals surface area contributed by atoms with E-state index in [0.29, 0.717) is 0 Å². The molecule has 0 spiro atoms. The molecule has 0 aromatic heterocycles. The second-order valence-electron chi connectivity index (χ2n) is 2.11. The Balaban J connectivity index is 3.17. The van der Waals surface area contributed by atoms with E-state index in [1.54, 1.807) is 12.1 Å². The predicted molar refractivity (Wildman–Crippen MR) is 35.4 cm³/mol. The third kappa shape index (κ3) is 1.21. The lowest BCUT2D eigenvalue weighted by Crippen LogP contribution is -2.40. The number of phenolic OH excluding ortho intramolecular Hbond substituents is 1. The van der Waals surface area contributed by atoms with Crippen molar-refractivity contribution in [1.29, 1.82) is 0 Å². The summed E-state index contributed by atoms with van der Waals surface area (Å²) < 4.78 is 0. The van der Waals surface area contributed by atoms with Crippen LogP contribution in [0.4, 0.5) is 5.69 Å².